The minimum absolute atomic E-state index is 0.223. The molecule has 2 rings (SSSR count). The molecule has 0 saturated heterocycles. The fraction of sp³-hybridized carbons (Fsp3) is 0.316. The number of benzene rings is 2. The van der Waals surface area contributed by atoms with Crippen LogP contribution in [0.1, 0.15) is 25.0 Å². The number of halogens is 1. The predicted octanol–water partition coefficient (Wildman–Crippen LogP) is 3.65. The summed E-state index contributed by atoms with van der Waals surface area (Å²) in [4.78, 5) is 0.223. The largest absolute Gasteiger partial charge is 0.358 e. The first-order valence-electron chi connectivity index (χ1n) is 8.68. The first-order chi connectivity index (χ1) is 12.8. The molecular weight excluding hydrogens is 385 g/mol. The average Bonchev–Trinajstić information content (AvgIpc) is 2.63. The van der Waals surface area contributed by atoms with Gasteiger partial charge in [0.2, 0.25) is 10.0 Å². The van der Waals surface area contributed by atoms with Gasteiger partial charge in [-0.25, -0.2) is 12.8 Å². The van der Waals surface area contributed by atoms with Crippen LogP contribution in [0, 0.1) is 12.7 Å². The standard InChI is InChI=1S/C19H24FN3O2S2/c1-4-23(5-2)27(24,25)17-11-6-14(3)18(12-17)22-19(26)21-13-15-7-9-16(20)10-8-15/h6-12H,4-5,13H2,1-3H3,(H2,21,22,26). The Morgan fingerprint density at radius 3 is 2.33 bits per heavy atom. The second-order valence-corrected chi connectivity index (χ2v) is 8.35. The Morgan fingerprint density at radius 1 is 1.11 bits per heavy atom. The van der Waals surface area contributed by atoms with Gasteiger partial charge in [0.25, 0.3) is 0 Å². The average molecular weight is 410 g/mol. The molecule has 146 valence electrons. The monoisotopic (exact) mass is 409 g/mol. The van der Waals surface area contributed by atoms with E-state index in [0.717, 1.165) is 11.1 Å². The van der Waals surface area contributed by atoms with Crippen molar-refractivity contribution in [3.05, 3.63) is 59.4 Å². The molecule has 0 amide bonds. The SMILES string of the molecule is CCN(CC)S(=O)(=O)c1ccc(C)c(NC(=S)NCc2ccc(F)cc2)c1. The normalized spacial score (nSPS) is 11.4. The number of anilines is 1. The van der Waals surface area contributed by atoms with E-state index in [1.807, 2.05) is 20.8 Å². The maximum absolute atomic E-state index is 12.9. The van der Waals surface area contributed by atoms with Gasteiger partial charge < -0.3 is 10.6 Å². The third-order valence-corrected chi connectivity index (χ3v) is 6.46. The number of sulfonamides is 1. The molecule has 0 aliphatic heterocycles. The fourth-order valence-corrected chi connectivity index (χ4v) is 4.23. The molecule has 0 aromatic heterocycles. The summed E-state index contributed by atoms with van der Waals surface area (Å²) in [6, 6.07) is 11.1. The summed E-state index contributed by atoms with van der Waals surface area (Å²) in [7, 11) is -3.54. The quantitative estimate of drug-likeness (QED) is 0.684. The molecule has 0 atom stereocenters. The lowest BCUT2D eigenvalue weighted by Crippen LogP contribution is -2.31. The molecule has 0 bridgehead atoms. The molecule has 0 heterocycles. The van der Waals surface area contributed by atoms with Crippen molar-refractivity contribution in [2.45, 2.75) is 32.2 Å². The number of hydrogen-bond donors (Lipinski definition) is 2. The number of nitrogens with zero attached hydrogens (tertiary/aromatic N) is 1. The molecule has 8 heteroatoms. The number of thiocarbonyl (C=S) groups is 1. The zero-order valence-electron chi connectivity index (χ0n) is 15.6. The van der Waals surface area contributed by atoms with Crippen molar-refractivity contribution in [2.24, 2.45) is 0 Å². The number of nitrogens with one attached hydrogen (secondary N) is 2. The third kappa shape index (κ3) is 5.47. The van der Waals surface area contributed by atoms with E-state index < -0.39 is 10.0 Å². The van der Waals surface area contributed by atoms with Crippen LogP contribution in [-0.4, -0.2) is 30.9 Å². The maximum Gasteiger partial charge on any atom is 0.243 e. The second kappa shape index (κ2) is 9.25. The molecule has 0 saturated carbocycles. The predicted molar refractivity (Wildman–Crippen MR) is 111 cm³/mol. The van der Waals surface area contributed by atoms with Gasteiger partial charge in [0, 0.05) is 25.3 Å². The molecule has 0 spiro atoms. The summed E-state index contributed by atoms with van der Waals surface area (Å²) >= 11 is 5.30. The van der Waals surface area contributed by atoms with Gasteiger partial charge >= 0.3 is 0 Å². The van der Waals surface area contributed by atoms with Crippen LogP contribution in [0.15, 0.2) is 47.4 Å². The van der Waals surface area contributed by atoms with Gasteiger partial charge in [0.05, 0.1) is 4.90 Å². The highest BCUT2D eigenvalue weighted by Crippen LogP contribution is 2.23. The van der Waals surface area contributed by atoms with Crippen molar-refractivity contribution in [2.75, 3.05) is 18.4 Å². The smallest absolute Gasteiger partial charge is 0.243 e. The fourth-order valence-electron chi connectivity index (χ4n) is 2.56. The van der Waals surface area contributed by atoms with E-state index in [-0.39, 0.29) is 10.7 Å². The first kappa shape index (κ1) is 21.3. The van der Waals surface area contributed by atoms with Crippen LogP contribution < -0.4 is 10.6 Å². The Labute approximate surface area is 165 Å². The lowest BCUT2D eigenvalue weighted by Gasteiger charge is -2.20. The highest BCUT2D eigenvalue weighted by Gasteiger charge is 2.22. The lowest BCUT2D eigenvalue weighted by molar-refractivity contribution is 0.445. The van der Waals surface area contributed by atoms with Crippen LogP contribution in [0.3, 0.4) is 0 Å². The summed E-state index contributed by atoms with van der Waals surface area (Å²) in [5.74, 6) is -0.290. The summed E-state index contributed by atoms with van der Waals surface area (Å²) < 4.78 is 39.8. The van der Waals surface area contributed by atoms with Gasteiger partial charge in [0.15, 0.2) is 5.11 Å². The highest BCUT2D eigenvalue weighted by atomic mass is 32.2. The van der Waals surface area contributed by atoms with Crippen molar-refractivity contribution in [1.29, 1.82) is 0 Å². The first-order valence-corrected chi connectivity index (χ1v) is 10.5. The van der Waals surface area contributed by atoms with Crippen molar-refractivity contribution in [3.8, 4) is 0 Å². The van der Waals surface area contributed by atoms with E-state index in [1.54, 1.807) is 30.3 Å². The Balaban J connectivity index is 2.11. The minimum atomic E-state index is -3.54. The van der Waals surface area contributed by atoms with Crippen LogP contribution in [0.5, 0.6) is 0 Å². The molecule has 0 radical (unpaired) electrons. The minimum Gasteiger partial charge on any atom is -0.358 e. The van der Waals surface area contributed by atoms with E-state index in [9.17, 15) is 12.8 Å². The van der Waals surface area contributed by atoms with Crippen LogP contribution in [0.2, 0.25) is 0 Å². The van der Waals surface area contributed by atoms with Gasteiger partial charge in [-0.2, -0.15) is 4.31 Å². The number of aryl methyl sites for hydroxylation is 1. The molecule has 0 fully saturated rings. The van der Waals surface area contributed by atoms with Crippen LogP contribution >= 0.6 is 12.2 Å². The van der Waals surface area contributed by atoms with Crippen molar-refractivity contribution in [3.63, 3.8) is 0 Å². The van der Waals surface area contributed by atoms with E-state index in [0.29, 0.717) is 30.4 Å². The Bertz CT molecular complexity index is 896. The van der Waals surface area contributed by atoms with Crippen molar-refractivity contribution >= 4 is 33.0 Å². The third-order valence-electron chi connectivity index (χ3n) is 4.17. The second-order valence-electron chi connectivity index (χ2n) is 6.00. The Hall–Kier alpha value is -2.03. The molecule has 0 aliphatic carbocycles. The molecule has 27 heavy (non-hydrogen) atoms. The molecule has 0 aliphatic rings. The maximum atomic E-state index is 12.9. The van der Waals surface area contributed by atoms with E-state index in [1.165, 1.54) is 16.4 Å². The summed E-state index contributed by atoms with van der Waals surface area (Å²) in [5, 5.41) is 6.44. The molecule has 5 nitrogen and oxygen atoms in total. The summed E-state index contributed by atoms with van der Waals surface area (Å²) in [5.41, 5.74) is 2.38. The molecule has 0 unspecified atom stereocenters. The molecule has 2 aromatic rings. The highest BCUT2D eigenvalue weighted by molar-refractivity contribution is 7.89. The number of hydrogen-bond acceptors (Lipinski definition) is 3. The molecule has 2 N–H and O–H groups in total. The van der Waals surface area contributed by atoms with Gasteiger partial charge in [-0.3, -0.25) is 0 Å². The molecular formula is C19H24FN3O2S2. The lowest BCUT2D eigenvalue weighted by atomic mass is 10.2. The van der Waals surface area contributed by atoms with Gasteiger partial charge in [-0.1, -0.05) is 32.0 Å². The van der Waals surface area contributed by atoms with Crippen LogP contribution in [0.25, 0.3) is 0 Å². The summed E-state index contributed by atoms with van der Waals surface area (Å²) in [6.45, 7) is 6.74. The zero-order valence-corrected chi connectivity index (χ0v) is 17.3. The van der Waals surface area contributed by atoms with Gasteiger partial charge in [-0.05, 0) is 54.5 Å². The Morgan fingerprint density at radius 2 is 1.74 bits per heavy atom. The topological polar surface area (TPSA) is 61.4 Å². The summed E-state index contributed by atoms with van der Waals surface area (Å²) in [6.07, 6.45) is 0. The van der Waals surface area contributed by atoms with E-state index in [4.69, 9.17) is 12.2 Å². The van der Waals surface area contributed by atoms with Crippen molar-refractivity contribution < 1.29 is 12.8 Å². The van der Waals surface area contributed by atoms with E-state index in [2.05, 4.69) is 10.6 Å². The van der Waals surface area contributed by atoms with Gasteiger partial charge in [0.1, 0.15) is 5.82 Å². The molecule has 2 aromatic carbocycles. The van der Waals surface area contributed by atoms with Gasteiger partial charge in [-0.15, -0.1) is 0 Å². The zero-order chi connectivity index (χ0) is 20.0. The van der Waals surface area contributed by atoms with Crippen molar-refractivity contribution in [1.82, 2.24) is 9.62 Å². The van der Waals surface area contributed by atoms with Crippen LogP contribution in [-0.2, 0) is 16.6 Å². The Kier molecular flexibility index (Phi) is 7.29. The van der Waals surface area contributed by atoms with Crippen LogP contribution in [0.4, 0.5) is 10.1 Å². The van der Waals surface area contributed by atoms with E-state index >= 15 is 0 Å². The number of rotatable bonds is 7.